The van der Waals surface area contributed by atoms with E-state index in [1.165, 1.54) is 32.1 Å². The summed E-state index contributed by atoms with van der Waals surface area (Å²) in [5.74, 6) is 0.947. The van der Waals surface area contributed by atoms with Crippen LogP contribution in [0.4, 0.5) is 0 Å². The highest BCUT2D eigenvalue weighted by molar-refractivity contribution is 5.13. The van der Waals surface area contributed by atoms with Crippen molar-refractivity contribution in [3.8, 4) is 0 Å². The molecule has 0 radical (unpaired) electrons. The number of hydrogen-bond acceptors (Lipinski definition) is 2. The second-order valence-electron chi connectivity index (χ2n) is 7.54. The summed E-state index contributed by atoms with van der Waals surface area (Å²) in [6.45, 7) is 7.46. The van der Waals surface area contributed by atoms with Gasteiger partial charge >= 0.3 is 0 Å². The van der Waals surface area contributed by atoms with Crippen LogP contribution in [0.1, 0.15) is 52.9 Å². The molecule has 17 heavy (non-hydrogen) atoms. The minimum atomic E-state index is 0.491. The highest BCUT2D eigenvalue weighted by Crippen LogP contribution is 2.62. The summed E-state index contributed by atoms with van der Waals surface area (Å²) in [5, 5.41) is 3.96. The first-order chi connectivity index (χ1) is 7.95. The Bertz CT molecular complexity index is 303. The van der Waals surface area contributed by atoms with Gasteiger partial charge in [-0.1, -0.05) is 20.8 Å². The maximum absolute atomic E-state index is 5.38. The van der Waals surface area contributed by atoms with Crippen molar-refractivity contribution in [2.75, 3.05) is 7.11 Å². The largest absolute Gasteiger partial charge is 0.381 e. The SMILES string of the molecule is COC1CC(NC2C3(C)CCC(C3)C2(C)C)C1. The summed E-state index contributed by atoms with van der Waals surface area (Å²) in [6.07, 6.45) is 7.26. The molecule has 2 bridgehead atoms. The van der Waals surface area contributed by atoms with Gasteiger partial charge < -0.3 is 10.1 Å². The van der Waals surface area contributed by atoms with Gasteiger partial charge in [0, 0.05) is 19.2 Å². The van der Waals surface area contributed by atoms with E-state index in [2.05, 4.69) is 26.1 Å². The molecule has 3 unspecified atom stereocenters. The molecule has 0 amide bonds. The summed E-state index contributed by atoms with van der Waals surface area (Å²) >= 11 is 0. The van der Waals surface area contributed by atoms with Crippen molar-refractivity contribution in [1.29, 1.82) is 0 Å². The predicted octanol–water partition coefficient (Wildman–Crippen LogP) is 2.97. The first-order valence-corrected chi connectivity index (χ1v) is 7.24. The van der Waals surface area contributed by atoms with Crippen molar-refractivity contribution in [1.82, 2.24) is 5.32 Å². The fourth-order valence-corrected chi connectivity index (χ4v) is 4.85. The van der Waals surface area contributed by atoms with Gasteiger partial charge in [-0.05, 0) is 48.9 Å². The van der Waals surface area contributed by atoms with E-state index in [1.807, 2.05) is 7.11 Å². The molecule has 0 aliphatic heterocycles. The third-order valence-corrected chi connectivity index (χ3v) is 6.10. The summed E-state index contributed by atoms with van der Waals surface area (Å²) in [6, 6.07) is 1.43. The average Bonchev–Trinajstić information content (AvgIpc) is 2.66. The van der Waals surface area contributed by atoms with Crippen LogP contribution < -0.4 is 5.32 Å². The summed E-state index contributed by atoms with van der Waals surface area (Å²) in [4.78, 5) is 0. The fraction of sp³-hybridized carbons (Fsp3) is 1.00. The molecule has 0 heterocycles. The number of ether oxygens (including phenoxy) is 1. The van der Waals surface area contributed by atoms with Crippen molar-refractivity contribution in [2.24, 2.45) is 16.7 Å². The molecule has 0 aromatic carbocycles. The van der Waals surface area contributed by atoms with Crippen molar-refractivity contribution in [3.63, 3.8) is 0 Å². The van der Waals surface area contributed by atoms with Gasteiger partial charge in [-0.25, -0.2) is 0 Å². The van der Waals surface area contributed by atoms with Crippen LogP contribution in [0.5, 0.6) is 0 Å². The zero-order valence-electron chi connectivity index (χ0n) is 11.8. The first kappa shape index (κ1) is 12.0. The number of rotatable bonds is 3. The first-order valence-electron chi connectivity index (χ1n) is 7.24. The maximum Gasteiger partial charge on any atom is 0.0601 e. The van der Waals surface area contributed by atoms with Crippen LogP contribution in [-0.2, 0) is 4.74 Å². The Kier molecular flexibility index (Phi) is 2.61. The van der Waals surface area contributed by atoms with Crippen LogP contribution in [0.15, 0.2) is 0 Å². The molecule has 3 rings (SSSR count). The van der Waals surface area contributed by atoms with Crippen LogP contribution >= 0.6 is 0 Å². The molecule has 0 aromatic heterocycles. The molecule has 98 valence electrons. The lowest BCUT2D eigenvalue weighted by Crippen LogP contribution is -2.57. The predicted molar refractivity (Wildman–Crippen MR) is 70.0 cm³/mol. The molecular formula is C15H27NO. The Morgan fingerprint density at radius 1 is 1.18 bits per heavy atom. The van der Waals surface area contributed by atoms with Crippen molar-refractivity contribution < 1.29 is 4.74 Å². The van der Waals surface area contributed by atoms with Gasteiger partial charge in [-0.15, -0.1) is 0 Å². The van der Waals surface area contributed by atoms with E-state index >= 15 is 0 Å². The average molecular weight is 237 g/mol. The second-order valence-corrected chi connectivity index (χ2v) is 7.54. The normalized spacial score (nSPS) is 51.5. The highest BCUT2D eigenvalue weighted by Gasteiger charge is 2.59. The van der Waals surface area contributed by atoms with E-state index in [9.17, 15) is 0 Å². The van der Waals surface area contributed by atoms with Gasteiger partial charge in [0.25, 0.3) is 0 Å². The third kappa shape index (κ3) is 1.67. The third-order valence-electron chi connectivity index (χ3n) is 6.10. The number of hydrogen-bond donors (Lipinski definition) is 1. The van der Waals surface area contributed by atoms with Crippen LogP contribution in [0.25, 0.3) is 0 Å². The van der Waals surface area contributed by atoms with Gasteiger partial charge in [0.2, 0.25) is 0 Å². The zero-order chi connectivity index (χ0) is 12.3. The van der Waals surface area contributed by atoms with Crippen molar-refractivity contribution >= 4 is 0 Å². The standard InChI is InChI=1S/C15H27NO/c1-14(2)10-5-6-15(3,9-10)13(14)16-11-7-12(8-11)17-4/h10-13,16H,5-9H2,1-4H3. The van der Waals surface area contributed by atoms with Crippen molar-refractivity contribution in [3.05, 3.63) is 0 Å². The zero-order valence-corrected chi connectivity index (χ0v) is 11.8. The van der Waals surface area contributed by atoms with Crippen LogP contribution in [-0.4, -0.2) is 25.3 Å². The smallest absolute Gasteiger partial charge is 0.0601 e. The molecule has 0 saturated heterocycles. The molecule has 3 aliphatic carbocycles. The molecule has 1 N–H and O–H groups in total. The quantitative estimate of drug-likeness (QED) is 0.815. The van der Waals surface area contributed by atoms with E-state index in [0.29, 0.717) is 23.0 Å². The van der Waals surface area contributed by atoms with Crippen molar-refractivity contribution in [2.45, 2.75) is 71.1 Å². The molecule has 3 aliphatic rings. The van der Waals surface area contributed by atoms with Gasteiger partial charge in [0.1, 0.15) is 0 Å². The van der Waals surface area contributed by atoms with Crippen LogP contribution in [0, 0.1) is 16.7 Å². The van der Waals surface area contributed by atoms with E-state index < -0.39 is 0 Å². The minimum absolute atomic E-state index is 0.491. The van der Waals surface area contributed by atoms with E-state index in [4.69, 9.17) is 4.74 Å². The Hall–Kier alpha value is -0.0800. The number of fused-ring (bicyclic) bond motifs is 2. The van der Waals surface area contributed by atoms with Gasteiger partial charge in [0.15, 0.2) is 0 Å². The molecule has 2 heteroatoms. The van der Waals surface area contributed by atoms with E-state index in [0.717, 1.165) is 12.0 Å². The Morgan fingerprint density at radius 2 is 1.88 bits per heavy atom. The molecule has 0 spiro atoms. The van der Waals surface area contributed by atoms with Gasteiger partial charge in [0.05, 0.1) is 6.10 Å². The molecular weight excluding hydrogens is 210 g/mol. The minimum Gasteiger partial charge on any atom is -0.381 e. The molecule has 3 atom stereocenters. The second kappa shape index (κ2) is 3.71. The summed E-state index contributed by atoms with van der Waals surface area (Å²) in [5.41, 5.74) is 1.05. The number of nitrogens with one attached hydrogen (secondary N) is 1. The van der Waals surface area contributed by atoms with E-state index in [-0.39, 0.29) is 0 Å². The van der Waals surface area contributed by atoms with E-state index in [1.54, 1.807) is 0 Å². The summed E-state index contributed by atoms with van der Waals surface area (Å²) < 4.78 is 5.38. The molecule has 3 saturated carbocycles. The Labute approximate surface area is 105 Å². The lowest BCUT2D eigenvalue weighted by atomic mass is 9.67. The molecule has 0 aromatic rings. The highest BCUT2D eigenvalue weighted by atomic mass is 16.5. The van der Waals surface area contributed by atoms with Gasteiger partial charge in [-0.3, -0.25) is 0 Å². The topological polar surface area (TPSA) is 21.3 Å². The molecule has 2 nitrogen and oxygen atoms in total. The Morgan fingerprint density at radius 3 is 2.41 bits per heavy atom. The lowest BCUT2D eigenvalue weighted by molar-refractivity contribution is -0.00339. The van der Waals surface area contributed by atoms with Gasteiger partial charge in [-0.2, -0.15) is 0 Å². The summed E-state index contributed by atoms with van der Waals surface area (Å²) in [7, 11) is 1.84. The Balaban J connectivity index is 1.66. The lowest BCUT2D eigenvalue weighted by Gasteiger charge is -2.48. The number of methoxy groups -OCH3 is 1. The van der Waals surface area contributed by atoms with Crippen LogP contribution in [0.2, 0.25) is 0 Å². The monoisotopic (exact) mass is 237 g/mol. The van der Waals surface area contributed by atoms with Crippen LogP contribution in [0.3, 0.4) is 0 Å². The fourth-order valence-electron chi connectivity index (χ4n) is 4.85. The molecule has 3 fully saturated rings. The maximum atomic E-state index is 5.38.